The largest absolute Gasteiger partial charge is 0.433 e. The summed E-state index contributed by atoms with van der Waals surface area (Å²) < 4.78 is 40.4. The molecule has 2 aromatic heterocycles. The van der Waals surface area contributed by atoms with Gasteiger partial charge >= 0.3 is 6.18 Å². The van der Waals surface area contributed by atoms with E-state index in [-0.39, 0.29) is 16.3 Å². The number of likely N-dealkylation sites (tertiary alicyclic amines) is 1. The van der Waals surface area contributed by atoms with Crippen molar-refractivity contribution in [2.45, 2.75) is 44.7 Å². The predicted molar refractivity (Wildman–Crippen MR) is 90.8 cm³/mol. The molecule has 2 N–H and O–H groups in total. The molecule has 0 radical (unpaired) electrons. The first-order valence-electron chi connectivity index (χ1n) is 8.48. The van der Waals surface area contributed by atoms with E-state index in [1.165, 1.54) is 0 Å². The van der Waals surface area contributed by atoms with Crippen LogP contribution in [0.2, 0.25) is 0 Å². The number of thiophene rings is 1. The molecule has 4 rings (SSSR count). The molecule has 0 spiro atoms. The van der Waals surface area contributed by atoms with E-state index in [0.29, 0.717) is 53.9 Å². The van der Waals surface area contributed by atoms with E-state index >= 15 is 0 Å². The molecule has 1 saturated heterocycles. The van der Waals surface area contributed by atoms with Crippen LogP contribution in [0, 0.1) is 0 Å². The molecular formula is C17H18F3N3OS. The number of nitrogens with zero attached hydrogens (tertiary/aromatic N) is 2. The molecule has 25 heavy (non-hydrogen) atoms. The first kappa shape index (κ1) is 16.6. The number of alkyl halides is 3. The lowest BCUT2D eigenvalue weighted by atomic mass is 9.88. The second kappa shape index (κ2) is 5.86. The van der Waals surface area contributed by atoms with E-state index in [1.807, 2.05) is 0 Å². The fourth-order valence-corrected chi connectivity index (χ4v) is 4.96. The summed E-state index contributed by atoms with van der Waals surface area (Å²) in [5.41, 5.74) is 6.62. The number of pyridine rings is 1. The fraction of sp³-hybridized carbons (Fsp3) is 0.529. The lowest BCUT2D eigenvalue weighted by Gasteiger charge is -2.21. The molecule has 2 aromatic rings. The molecule has 8 heteroatoms. The smallest absolute Gasteiger partial charge is 0.397 e. The zero-order valence-corrected chi connectivity index (χ0v) is 14.4. The highest BCUT2D eigenvalue weighted by Gasteiger charge is 2.39. The molecule has 1 fully saturated rings. The van der Waals surface area contributed by atoms with Gasteiger partial charge in [-0.25, -0.2) is 4.98 Å². The third-order valence-electron chi connectivity index (χ3n) is 5.05. The highest BCUT2D eigenvalue weighted by Crippen LogP contribution is 2.43. The van der Waals surface area contributed by atoms with Gasteiger partial charge in [-0.2, -0.15) is 13.2 Å². The summed E-state index contributed by atoms with van der Waals surface area (Å²) in [5, 5.41) is 0.565. The summed E-state index contributed by atoms with van der Waals surface area (Å²) in [4.78, 5) is 18.9. The van der Waals surface area contributed by atoms with Gasteiger partial charge < -0.3 is 10.6 Å². The molecule has 3 heterocycles. The molecule has 4 nitrogen and oxygen atoms in total. The van der Waals surface area contributed by atoms with Crippen LogP contribution < -0.4 is 5.73 Å². The molecule has 0 atom stereocenters. The first-order valence-corrected chi connectivity index (χ1v) is 9.29. The Hall–Kier alpha value is -1.83. The highest BCUT2D eigenvalue weighted by atomic mass is 32.1. The number of aryl methyl sites for hydroxylation is 1. The Morgan fingerprint density at radius 3 is 2.36 bits per heavy atom. The van der Waals surface area contributed by atoms with Crippen LogP contribution in [0.1, 0.15) is 52.2 Å². The van der Waals surface area contributed by atoms with Gasteiger partial charge in [0.05, 0.1) is 5.69 Å². The average molecular weight is 369 g/mol. The normalized spacial score (nSPS) is 18.0. The van der Waals surface area contributed by atoms with Crippen molar-refractivity contribution in [3.63, 3.8) is 0 Å². The van der Waals surface area contributed by atoms with E-state index in [9.17, 15) is 18.0 Å². The van der Waals surface area contributed by atoms with E-state index in [4.69, 9.17) is 5.73 Å². The lowest BCUT2D eigenvalue weighted by Crippen LogP contribution is -2.27. The van der Waals surface area contributed by atoms with Crippen molar-refractivity contribution in [3.8, 4) is 0 Å². The number of hydrogen-bond acceptors (Lipinski definition) is 4. The minimum absolute atomic E-state index is 0.184. The molecule has 0 bridgehead atoms. The van der Waals surface area contributed by atoms with Gasteiger partial charge in [0.2, 0.25) is 0 Å². The Bertz CT molecular complexity index is 853. The van der Waals surface area contributed by atoms with Crippen LogP contribution in [0.5, 0.6) is 0 Å². The topological polar surface area (TPSA) is 59.2 Å². The number of carbonyl (C=O) groups excluding carboxylic acids is 1. The number of rotatable bonds is 1. The van der Waals surface area contributed by atoms with Gasteiger partial charge in [0.25, 0.3) is 5.91 Å². The number of fused-ring (bicyclic) bond motifs is 3. The van der Waals surface area contributed by atoms with Crippen LogP contribution >= 0.6 is 11.3 Å². The van der Waals surface area contributed by atoms with Crippen LogP contribution in [0.15, 0.2) is 0 Å². The number of aromatic nitrogens is 1. The van der Waals surface area contributed by atoms with Crippen LogP contribution in [0.4, 0.5) is 18.9 Å². The van der Waals surface area contributed by atoms with Crippen LogP contribution in [-0.4, -0.2) is 28.9 Å². The molecule has 0 aromatic carbocycles. The van der Waals surface area contributed by atoms with E-state index in [1.54, 1.807) is 4.90 Å². The first-order chi connectivity index (χ1) is 11.9. The molecule has 1 amide bonds. The van der Waals surface area contributed by atoms with Crippen molar-refractivity contribution >= 4 is 33.1 Å². The summed E-state index contributed by atoms with van der Waals surface area (Å²) in [6.45, 7) is 1.34. The van der Waals surface area contributed by atoms with Crippen molar-refractivity contribution in [1.29, 1.82) is 0 Å². The summed E-state index contributed by atoms with van der Waals surface area (Å²) in [6, 6.07) is 0. The third kappa shape index (κ3) is 2.67. The number of nitrogens with two attached hydrogens (primary N) is 1. The van der Waals surface area contributed by atoms with Gasteiger partial charge in [0.1, 0.15) is 15.4 Å². The van der Waals surface area contributed by atoms with Crippen molar-refractivity contribution < 1.29 is 18.0 Å². The fourth-order valence-electron chi connectivity index (χ4n) is 3.87. The second-order valence-electron chi connectivity index (χ2n) is 6.65. The Morgan fingerprint density at radius 1 is 1.08 bits per heavy atom. The summed E-state index contributed by atoms with van der Waals surface area (Å²) >= 11 is 0.995. The standard InChI is InChI=1S/C17H18F3N3OS/c18-17(19,20)14-10-6-2-1-5-9(10)11-12(21)13(25-15(11)22-14)16(24)23-7-3-4-8-23/h1-8,21H2. The van der Waals surface area contributed by atoms with E-state index < -0.39 is 11.9 Å². The molecule has 0 saturated carbocycles. The molecule has 134 valence electrons. The number of halogens is 3. The Labute approximate surface area is 146 Å². The Kier molecular flexibility index (Phi) is 3.90. The number of anilines is 1. The van der Waals surface area contributed by atoms with Gasteiger partial charge in [-0.1, -0.05) is 0 Å². The summed E-state index contributed by atoms with van der Waals surface area (Å²) in [7, 11) is 0. The zero-order chi connectivity index (χ0) is 17.8. The van der Waals surface area contributed by atoms with Crippen molar-refractivity contribution in [2.75, 3.05) is 18.8 Å². The number of hydrogen-bond donors (Lipinski definition) is 1. The van der Waals surface area contributed by atoms with Gasteiger partial charge in [-0.05, 0) is 49.7 Å². The average Bonchev–Trinajstić information content (AvgIpc) is 3.21. The highest BCUT2D eigenvalue weighted by molar-refractivity contribution is 7.21. The lowest BCUT2D eigenvalue weighted by molar-refractivity contribution is -0.141. The summed E-state index contributed by atoms with van der Waals surface area (Å²) in [6.07, 6.45) is -0.146. The van der Waals surface area contributed by atoms with Crippen LogP contribution in [0.25, 0.3) is 10.2 Å². The summed E-state index contributed by atoms with van der Waals surface area (Å²) in [5.74, 6) is -0.184. The maximum absolute atomic E-state index is 13.5. The minimum Gasteiger partial charge on any atom is -0.397 e. The Balaban J connectivity index is 1.92. The molecule has 2 aliphatic rings. The van der Waals surface area contributed by atoms with E-state index in [2.05, 4.69) is 4.98 Å². The van der Waals surface area contributed by atoms with Crippen molar-refractivity contribution in [1.82, 2.24) is 9.88 Å². The number of carbonyl (C=O) groups is 1. The van der Waals surface area contributed by atoms with Gasteiger partial charge in [0.15, 0.2) is 0 Å². The van der Waals surface area contributed by atoms with Crippen molar-refractivity contribution in [3.05, 3.63) is 21.7 Å². The molecule has 1 aliphatic heterocycles. The molecule has 0 unspecified atom stereocenters. The van der Waals surface area contributed by atoms with Gasteiger partial charge in [-0.15, -0.1) is 11.3 Å². The Morgan fingerprint density at radius 2 is 1.72 bits per heavy atom. The van der Waals surface area contributed by atoms with Crippen LogP contribution in [0.3, 0.4) is 0 Å². The minimum atomic E-state index is -4.49. The maximum Gasteiger partial charge on any atom is 0.433 e. The predicted octanol–water partition coefficient (Wildman–Crippen LogP) is 4.01. The SMILES string of the molecule is Nc1c(C(=O)N2CCCC2)sc2nc(C(F)(F)F)c3c(c12)CCCC3. The van der Waals surface area contributed by atoms with Gasteiger partial charge in [-0.3, -0.25) is 4.79 Å². The molecule has 1 aliphatic carbocycles. The monoisotopic (exact) mass is 369 g/mol. The van der Waals surface area contributed by atoms with E-state index in [0.717, 1.165) is 30.6 Å². The quantitative estimate of drug-likeness (QED) is 0.826. The van der Waals surface area contributed by atoms with Crippen molar-refractivity contribution in [2.24, 2.45) is 0 Å². The maximum atomic E-state index is 13.5. The third-order valence-corrected chi connectivity index (χ3v) is 6.14. The molecular weight excluding hydrogens is 351 g/mol. The number of amides is 1. The second-order valence-corrected chi connectivity index (χ2v) is 7.65. The zero-order valence-electron chi connectivity index (χ0n) is 13.6. The number of nitrogen functional groups attached to an aromatic ring is 1. The van der Waals surface area contributed by atoms with Crippen LogP contribution in [-0.2, 0) is 19.0 Å². The van der Waals surface area contributed by atoms with Gasteiger partial charge in [0, 0.05) is 18.5 Å².